The number of esters is 3. The molecule has 0 radical (unpaired) electrons. The standard InChI is InChI=1S/C71H122O6/c1-4-7-10-13-16-19-22-25-28-30-32-34-36-38-39-41-43-46-49-52-55-58-61-64-70(73)76-67-68(66-75-69(72)63-60-57-54-51-48-45-27-24-21-18-15-12-9-6-3)77-71(74)65-62-59-56-53-50-47-44-42-40-37-35-33-31-29-26-23-20-17-14-11-8-5-2/h7,10,15-16,18-19,24-25,27-28,32,34,38-39,43,46,68H,4-6,8-9,11-14,17,20-23,26,29-31,33,35-37,40-42,44-45,47-67H2,1-3H3/b10-7-,18-15-,19-16-,27-24-,28-25-,34-32-,39-38-,46-43-. The molecule has 0 aliphatic rings. The molecule has 442 valence electrons. The molecular formula is C71H122O6. The Morgan fingerprint density at radius 3 is 0.831 bits per heavy atom. The average molecular weight is 1070 g/mol. The van der Waals surface area contributed by atoms with Crippen molar-refractivity contribution in [3.05, 3.63) is 97.2 Å². The molecule has 0 aliphatic carbocycles. The normalized spacial score (nSPS) is 12.7. The summed E-state index contributed by atoms with van der Waals surface area (Å²) < 4.78 is 16.9. The minimum Gasteiger partial charge on any atom is -0.462 e. The zero-order valence-electron chi connectivity index (χ0n) is 50.7. The molecule has 0 aromatic rings. The van der Waals surface area contributed by atoms with Crippen LogP contribution in [-0.2, 0) is 28.6 Å². The molecule has 0 rings (SSSR count). The zero-order valence-corrected chi connectivity index (χ0v) is 50.7. The Bertz CT molecular complexity index is 1510. The molecule has 0 spiro atoms. The SMILES string of the molecule is CC/C=C\C/C=C\C/C=C\C/C=C\C/C=C\C/C=C\CCCCCCC(=O)OCC(COC(=O)CCCCCCC/C=C\C/C=C\CCCC)OC(=O)CCCCCCCCCCCCCCCCCCCCCCCC. The molecule has 0 heterocycles. The number of carbonyl (C=O) groups is 3. The molecular weight excluding hydrogens is 949 g/mol. The first kappa shape index (κ1) is 73.3. The van der Waals surface area contributed by atoms with Crippen LogP contribution in [0.25, 0.3) is 0 Å². The van der Waals surface area contributed by atoms with Crippen LogP contribution in [0.4, 0.5) is 0 Å². The largest absolute Gasteiger partial charge is 0.462 e. The van der Waals surface area contributed by atoms with E-state index in [1.807, 2.05) is 0 Å². The Morgan fingerprint density at radius 2 is 0.519 bits per heavy atom. The van der Waals surface area contributed by atoms with Crippen molar-refractivity contribution in [2.75, 3.05) is 13.2 Å². The third kappa shape index (κ3) is 63.0. The second-order valence-corrected chi connectivity index (χ2v) is 21.6. The van der Waals surface area contributed by atoms with E-state index in [1.165, 1.54) is 141 Å². The van der Waals surface area contributed by atoms with Gasteiger partial charge in [-0.15, -0.1) is 0 Å². The van der Waals surface area contributed by atoms with E-state index in [-0.39, 0.29) is 31.1 Å². The molecule has 6 heteroatoms. The summed E-state index contributed by atoms with van der Waals surface area (Å²) in [4.78, 5) is 38.3. The van der Waals surface area contributed by atoms with Crippen molar-refractivity contribution in [1.82, 2.24) is 0 Å². The molecule has 6 nitrogen and oxygen atoms in total. The van der Waals surface area contributed by atoms with E-state index in [4.69, 9.17) is 14.2 Å². The Morgan fingerprint density at radius 1 is 0.273 bits per heavy atom. The maximum atomic E-state index is 12.9. The van der Waals surface area contributed by atoms with Crippen LogP contribution in [0.2, 0.25) is 0 Å². The number of hydrogen-bond acceptors (Lipinski definition) is 6. The van der Waals surface area contributed by atoms with E-state index in [9.17, 15) is 14.4 Å². The number of hydrogen-bond donors (Lipinski definition) is 0. The van der Waals surface area contributed by atoms with Crippen LogP contribution in [0.5, 0.6) is 0 Å². The summed E-state index contributed by atoms with van der Waals surface area (Å²) in [5, 5.41) is 0. The molecule has 0 saturated carbocycles. The highest BCUT2D eigenvalue weighted by Gasteiger charge is 2.19. The lowest BCUT2D eigenvalue weighted by Gasteiger charge is -2.18. The Balaban J connectivity index is 4.39. The summed E-state index contributed by atoms with van der Waals surface area (Å²) in [6.07, 6.45) is 87.0. The van der Waals surface area contributed by atoms with Gasteiger partial charge in [-0.25, -0.2) is 0 Å². The number of unbranched alkanes of at least 4 members (excludes halogenated alkanes) is 32. The van der Waals surface area contributed by atoms with Crippen molar-refractivity contribution in [3.63, 3.8) is 0 Å². The lowest BCUT2D eigenvalue weighted by molar-refractivity contribution is -0.167. The predicted molar refractivity (Wildman–Crippen MR) is 334 cm³/mol. The second kappa shape index (κ2) is 64.9. The third-order valence-corrected chi connectivity index (χ3v) is 14.1. The number of rotatable bonds is 59. The molecule has 0 aliphatic heterocycles. The second-order valence-electron chi connectivity index (χ2n) is 21.6. The van der Waals surface area contributed by atoms with E-state index < -0.39 is 6.10 Å². The van der Waals surface area contributed by atoms with Crippen LogP contribution in [0, 0.1) is 0 Å². The van der Waals surface area contributed by atoms with Crippen LogP contribution in [0.1, 0.15) is 316 Å². The smallest absolute Gasteiger partial charge is 0.306 e. The Kier molecular flexibility index (Phi) is 61.8. The van der Waals surface area contributed by atoms with E-state index >= 15 is 0 Å². The summed E-state index contributed by atoms with van der Waals surface area (Å²) in [6.45, 7) is 6.49. The van der Waals surface area contributed by atoms with Gasteiger partial charge in [-0.2, -0.15) is 0 Å². The summed E-state index contributed by atoms with van der Waals surface area (Å²) >= 11 is 0. The van der Waals surface area contributed by atoms with E-state index in [0.29, 0.717) is 19.3 Å². The van der Waals surface area contributed by atoms with Gasteiger partial charge in [0.2, 0.25) is 0 Å². The number of ether oxygens (including phenoxy) is 3. The quantitative estimate of drug-likeness (QED) is 0.0261. The van der Waals surface area contributed by atoms with E-state index in [0.717, 1.165) is 135 Å². The molecule has 1 unspecified atom stereocenters. The fraction of sp³-hybridized carbons (Fsp3) is 0.732. The number of allylic oxidation sites excluding steroid dienone is 16. The highest BCUT2D eigenvalue weighted by molar-refractivity contribution is 5.71. The first-order valence-corrected chi connectivity index (χ1v) is 32.7. The maximum Gasteiger partial charge on any atom is 0.306 e. The molecule has 1 atom stereocenters. The first-order chi connectivity index (χ1) is 38.0. The van der Waals surface area contributed by atoms with Crippen molar-refractivity contribution in [3.8, 4) is 0 Å². The highest BCUT2D eigenvalue weighted by Crippen LogP contribution is 2.17. The average Bonchev–Trinajstić information content (AvgIpc) is 3.43. The Labute approximate surface area is 477 Å². The zero-order chi connectivity index (χ0) is 55.7. The molecule has 0 aromatic carbocycles. The Hall–Kier alpha value is -3.67. The lowest BCUT2D eigenvalue weighted by atomic mass is 10.0. The van der Waals surface area contributed by atoms with Crippen LogP contribution >= 0.6 is 0 Å². The lowest BCUT2D eigenvalue weighted by Crippen LogP contribution is -2.30. The minimum atomic E-state index is -0.795. The summed E-state index contributed by atoms with van der Waals surface area (Å²) in [6, 6.07) is 0. The minimum absolute atomic E-state index is 0.0913. The van der Waals surface area contributed by atoms with E-state index in [1.54, 1.807) is 0 Å². The highest BCUT2D eigenvalue weighted by atomic mass is 16.6. The van der Waals surface area contributed by atoms with Crippen molar-refractivity contribution >= 4 is 17.9 Å². The first-order valence-electron chi connectivity index (χ1n) is 32.7. The van der Waals surface area contributed by atoms with Gasteiger partial charge in [0.15, 0.2) is 6.10 Å². The van der Waals surface area contributed by atoms with Gasteiger partial charge in [-0.05, 0) is 96.3 Å². The van der Waals surface area contributed by atoms with Crippen molar-refractivity contribution in [2.24, 2.45) is 0 Å². The van der Waals surface area contributed by atoms with Gasteiger partial charge >= 0.3 is 17.9 Å². The van der Waals surface area contributed by atoms with Gasteiger partial charge in [0.05, 0.1) is 0 Å². The van der Waals surface area contributed by atoms with E-state index in [2.05, 4.69) is 118 Å². The van der Waals surface area contributed by atoms with Gasteiger partial charge < -0.3 is 14.2 Å². The predicted octanol–water partition coefficient (Wildman–Crippen LogP) is 22.4. The van der Waals surface area contributed by atoms with Crippen LogP contribution in [0.15, 0.2) is 97.2 Å². The van der Waals surface area contributed by atoms with Gasteiger partial charge in [0, 0.05) is 19.3 Å². The van der Waals surface area contributed by atoms with Gasteiger partial charge in [0.1, 0.15) is 13.2 Å². The fourth-order valence-electron chi connectivity index (χ4n) is 9.17. The summed E-state index contributed by atoms with van der Waals surface area (Å²) in [5.41, 5.74) is 0. The van der Waals surface area contributed by atoms with Crippen LogP contribution in [-0.4, -0.2) is 37.2 Å². The number of carbonyl (C=O) groups excluding carboxylic acids is 3. The van der Waals surface area contributed by atoms with Crippen molar-refractivity contribution < 1.29 is 28.6 Å². The van der Waals surface area contributed by atoms with Crippen molar-refractivity contribution in [2.45, 2.75) is 322 Å². The molecule has 0 aromatic heterocycles. The summed E-state index contributed by atoms with van der Waals surface area (Å²) in [7, 11) is 0. The summed E-state index contributed by atoms with van der Waals surface area (Å²) in [5.74, 6) is -0.917. The fourth-order valence-corrected chi connectivity index (χ4v) is 9.17. The monoisotopic (exact) mass is 1070 g/mol. The molecule has 77 heavy (non-hydrogen) atoms. The van der Waals surface area contributed by atoms with Crippen molar-refractivity contribution in [1.29, 1.82) is 0 Å². The molecule has 0 N–H and O–H groups in total. The molecule has 0 fully saturated rings. The third-order valence-electron chi connectivity index (χ3n) is 14.1. The van der Waals surface area contributed by atoms with Gasteiger partial charge in [-0.3, -0.25) is 14.4 Å². The topological polar surface area (TPSA) is 78.9 Å². The molecule has 0 bridgehead atoms. The van der Waals surface area contributed by atoms with Crippen LogP contribution < -0.4 is 0 Å². The molecule has 0 amide bonds. The molecule has 0 saturated heterocycles. The van der Waals surface area contributed by atoms with Gasteiger partial charge in [0.25, 0.3) is 0 Å². The van der Waals surface area contributed by atoms with Crippen LogP contribution in [0.3, 0.4) is 0 Å². The van der Waals surface area contributed by atoms with Gasteiger partial charge in [-0.1, -0.05) is 298 Å². The maximum absolute atomic E-state index is 12.9.